The lowest BCUT2D eigenvalue weighted by Gasteiger charge is -2.33. The Hall–Kier alpha value is -3.38. The lowest BCUT2D eigenvalue weighted by molar-refractivity contribution is -0.125. The summed E-state index contributed by atoms with van der Waals surface area (Å²) in [7, 11) is 0. The van der Waals surface area contributed by atoms with Crippen LogP contribution in [0.2, 0.25) is 5.02 Å². The van der Waals surface area contributed by atoms with Crippen molar-refractivity contribution < 1.29 is 18.7 Å². The van der Waals surface area contributed by atoms with Crippen LogP contribution >= 0.6 is 11.6 Å². The molecule has 30 heavy (non-hydrogen) atoms. The minimum absolute atomic E-state index is 0.189. The fourth-order valence-electron chi connectivity index (χ4n) is 3.25. The first-order chi connectivity index (χ1) is 14.4. The van der Waals surface area contributed by atoms with Crippen molar-refractivity contribution in [2.24, 2.45) is 0 Å². The zero-order valence-corrected chi connectivity index (χ0v) is 16.8. The smallest absolute Gasteiger partial charge is 0.268 e. The normalized spacial score (nSPS) is 15.4. The summed E-state index contributed by atoms with van der Waals surface area (Å²) in [4.78, 5) is 26.9. The van der Waals surface area contributed by atoms with E-state index in [1.807, 2.05) is 12.1 Å². The molecule has 0 radical (unpaired) electrons. The van der Waals surface area contributed by atoms with Crippen LogP contribution in [0.1, 0.15) is 22.8 Å². The molecule has 0 saturated carbocycles. The Morgan fingerprint density at radius 1 is 1.13 bits per heavy atom. The first kappa shape index (κ1) is 19.9. The van der Waals surface area contributed by atoms with Crippen molar-refractivity contribution in [1.29, 1.82) is 0 Å². The van der Waals surface area contributed by atoms with Gasteiger partial charge >= 0.3 is 0 Å². The lowest BCUT2D eigenvalue weighted by atomic mass is 10.1. The van der Waals surface area contributed by atoms with Gasteiger partial charge in [0.25, 0.3) is 11.8 Å². The van der Waals surface area contributed by atoms with Crippen LogP contribution in [0, 0.1) is 5.82 Å². The number of nitrogens with one attached hydrogen (secondary N) is 1. The Balaban J connectivity index is 1.63. The summed E-state index contributed by atoms with van der Waals surface area (Å²) in [5.41, 5.74) is 2.12. The molecule has 0 saturated heterocycles. The largest absolute Gasteiger partial charge is 0.479 e. The number of benzene rings is 3. The quantitative estimate of drug-likeness (QED) is 0.638. The van der Waals surface area contributed by atoms with Gasteiger partial charge < -0.3 is 15.0 Å². The van der Waals surface area contributed by atoms with Crippen molar-refractivity contribution in [3.05, 3.63) is 88.7 Å². The highest BCUT2D eigenvalue weighted by Crippen LogP contribution is 2.37. The van der Waals surface area contributed by atoms with Gasteiger partial charge in [-0.2, -0.15) is 0 Å². The number of ether oxygens (including phenoxy) is 1. The Morgan fingerprint density at radius 3 is 2.63 bits per heavy atom. The molecule has 3 aromatic rings. The molecule has 5 nitrogen and oxygen atoms in total. The second kappa shape index (κ2) is 8.16. The molecule has 7 heteroatoms. The van der Waals surface area contributed by atoms with Crippen molar-refractivity contribution in [2.45, 2.75) is 19.6 Å². The highest BCUT2D eigenvalue weighted by atomic mass is 35.5. The number of rotatable bonds is 4. The topological polar surface area (TPSA) is 58.6 Å². The van der Waals surface area contributed by atoms with Gasteiger partial charge in [-0.1, -0.05) is 29.8 Å². The standard InChI is InChI=1S/C23H18ClFN2O3/c1-14-23(29)27(13-15-5-7-17(24)8-6-15)20-12-19(9-10-21(20)30-14)26-22(28)16-3-2-4-18(25)11-16/h2-12,14H,13H2,1H3,(H,26,28). The van der Waals surface area contributed by atoms with Crippen molar-refractivity contribution in [2.75, 3.05) is 10.2 Å². The molecule has 152 valence electrons. The zero-order chi connectivity index (χ0) is 21.3. The number of anilines is 2. The molecule has 0 aliphatic carbocycles. The third-order valence-corrected chi connectivity index (χ3v) is 5.02. The molecule has 3 aromatic carbocycles. The average Bonchev–Trinajstić information content (AvgIpc) is 2.73. The van der Waals surface area contributed by atoms with E-state index in [0.717, 1.165) is 11.6 Å². The summed E-state index contributed by atoms with van der Waals surface area (Å²) in [6.07, 6.45) is -0.627. The second-order valence-corrected chi connectivity index (χ2v) is 7.39. The number of halogens is 2. The summed E-state index contributed by atoms with van der Waals surface area (Å²) < 4.78 is 19.1. The maximum atomic E-state index is 13.4. The Bertz CT molecular complexity index is 1120. The SMILES string of the molecule is CC1Oc2ccc(NC(=O)c3cccc(F)c3)cc2N(Cc2ccc(Cl)cc2)C1=O. The molecule has 0 bridgehead atoms. The van der Waals surface area contributed by atoms with Gasteiger partial charge in [0.15, 0.2) is 6.10 Å². The van der Waals surface area contributed by atoms with E-state index < -0.39 is 17.8 Å². The molecule has 0 fully saturated rings. The zero-order valence-electron chi connectivity index (χ0n) is 16.1. The minimum atomic E-state index is -0.627. The van der Waals surface area contributed by atoms with E-state index in [2.05, 4.69) is 5.32 Å². The predicted octanol–water partition coefficient (Wildman–Crippen LogP) is 5.05. The maximum absolute atomic E-state index is 13.4. The third-order valence-electron chi connectivity index (χ3n) is 4.77. The summed E-state index contributed by atoms with van der Waals surface area (Å²) in [5.74, 6) is -0.587. The molecule has 1 unspecified atom stereocenters. The molecule has 1 atom stereocenters. The van der Waals surface area contributed by atoms with Crippen LogP contribution in [0.4, 0.5) is 15.8 Å². The molecule has 4 rings (SSSR count). The average molecular weight is 425 g/mol. The Kier molecular flexibility index (Phi) is 5.42. The Morgan fingerprint density at radius 2 is 1.90 bits per heavy atom. The van der Waals surface area contributed by atoms with Crippen LogP contribution in [0.3, 0.4) is 0 Å². The van der Waals surface area contributed by atoms with E-state index in [1.54, 1.807) is 42.2 Å². The summed E-state index contributed by atoms with van der Waals surface area (Å²) in [6.45, 7) is 2.03. The molecular weight excluding hydrogens is 407 g/mol. The maximum Gasteiger partial charge on any atom is 0.268 e. The van der Waals surface area contributed by atoms with E-state index in [9.17, 15) is 14.0 Å². The molecule has 2 amide bonds. The first-order valence-electron chi connectivity index (χ1n) is 9.34. The molecule has 0 aromatic heterocycles. The number of carbonyl (C=O) groups is 2. The van der Waals surface area contributed by atoms with Crippen molar-refractivity contribution >= 4 is 34.8 Å². The van der Waals surface area contributed by atoms with Crippen molar-refractivity contribution in [3.63, 3.8) is 0 Å². The highest BCUT2D eigenvalue weighted by Gasteiger charge is 2.31. The molecular formula is C23H18ClFN2O3. The fourth-order valence-corrected chi connectivity index (χ4v) is 3.38. The van der Waals surface area contributed by atoms with Gasteiger partial charge in [0.2, 0.25) is 0 Å². The van der Waals surface area contributed by atoms with Gasteiger partial charge in [0.05, 0.1) is 12.2 Å². The van der Waals surface area contributed by atoms with Gasteiger partial charge in [-0.05, 0) is 61.0 Å². The van der Waals surface area contributed by atoms with E-state index in [4.69, 9.17) is 16.3 Å². The number of nitrogens with zero attached hydrogens (tertiary/aromatic N) is 1. The Labute approximate surface area is 178 Å². The molecule has 1 N–H and O–H groups in total. The first-order valence-corrected chi connectivity index (χ1v) is 9.72. The van der Waals surface area contributed by atoms with Crippen molar-refractivity contribution in [3.8, 4) is 5.75 Å². The van der Waals surface area contributed by atoms with Gasteiger partial charge in [-0.15, -0.1) is 0 Å². The number of amides is 2. The number of hydrogen-bond acceptors (Lipinski definition) is 3. The lowest BCUT2D eigenvalue weighted by Crippen LogP contribution is -2.44. The van der Waals surface area contributed by atoms with Gasteiger partial charge in [0.1, 0.15) is 11.6 Å². The van der Waals surface area contributed by atoms with Gasteiger partial charge in [0, 0.05) is 16.3 Å². The van der Waals surface area contributed by atoms with E-state index >= 15 is 0 Å². The van der Waals surface area contributed by atoms with Crippen LogP contribution in [-0.2, 0) is 11.3 Å². The minimum Gasteiger partial charge on any atom is -0.479 e. The van der Waals surface area contributed by atoms with Gasteiger partial charge in [-0.25, -0.2) is 4.39 Å². The monoisotopic (exact) mass is 424 g/mol. The molecule has 1 aliphatic heterocycles. The summed E-state index contributed by atoms with van der Waals surface area (Å²) >= 11 is 5.95. The van der Waals surface area contributed by atoms with E-state index in [1.165, 1.54) is 18.2 Å². The van der Waals surface area contributed by atoms with E-state index in [-0.39, 0.29) is 11.5 Å². The number of carbonyl (C=O) groups excluding carboxylic acids is 2. The van der Waals surface area contributed by atoms with Crippen LogP contribution in [-0.4, -0.2) is 17.9 Å². The molecule has 1 heterocycles. The van der Waals surface area contributed by atoms with Gasteiger partial charge in [-0.3, -0.25) is 9.59 Å². The van der Waals surface area contributed by atoms with Crippen LogP contribution in [0.15, 0.2) is 66.7 Å². The fraction of sp³-hybridized carbons (Fsp3) is 0.130. The summed E-state index contributed by atoms with van der Waals surface area (Å²) in [5, 5.41) is 3.35. The van der Waals surface area contributed by atoms with Crippen molar-refractivity contribution in [1.82, 2.24) is 0 Å². The highest BCUT2D eigenvalue weighted by molar-refractivity contribution is 6.30. The van der Waals surface area contributed by atoms with Crippen LogP contribution in [0.25, 0.3) is 0 Å². The van der Waals surface area contributed by atoms with Crippen LogP contribution < -0.4 is 15.0 Å². The predicted molar refractivity (Wildman–Crippen MR) is 114 cm³/mol. The molecule has 1 aliphatic rings. The second-order valence-electron chi connectivity index (χ2n) is 6.96. The number of fused-ring (bicyclic) bond motifs is 1. The third kappa shape index (κ3) is 4.14. The summed E-state index contributed by atoms with van der Waals surface area (Å²) in [6, 6.07) is 17.7. The van der Waals surface area contributed by atoms with E-state index in [0.29, 0.717) is 28.7 Å². The molecule has 0 spiro atoms. The van der Waals surface area contributed by atoms with Crippen LogP contribution in [0.5, 0.6) is 5.75 Å². The number of hydrogen-bond donors (Lipinski definition) is 1.